The maximum atomic E-state index is 12.2. The van der Waals surface area contributed by atoms with Gasteiger partial charge in [0.25, 0.3) is 0 Å². The number of benzene rings is 1. The number of nitrogens with one attached hydrogen (secondary N) is 1. The average molecular weight is 312 g/mol. The highest BCUT2D eigenvalue weighted by atomic mass is 16.3. The van der Waals surface area contributed by atoms with Gasteiger partial charge in [-0.1, -0.05) is 30.3 Å². The Morgan fingerprint density at radius 3 is 2.78 bits per heavy atom. The van der Waals surface area contributed by atoms with Crippen molar-refractivity contribution in [1.82, 2.24) is 10.2 Å². The van der Waals surface area contributed by atoms with Crippen molar-refractivity contribution >= 4 is 11.8 Å². The Morgan fingerprint density at radius 2 is 2.04 bits per heavy atom. The van der Waals surface area contributed by atoms with Gasteiger partial charge in [-0.3, -0.25) is 9.59 Å². The third-order valence-electron chi connectivity index (χ3n) is 4.12. The Bertz CT molecular complexity index is 652. The van der Waals surface area contributed by atoms with E-state index in [4.69, 9.17) is 4.42 Å². The summed E-state index contributed by atoms with van der Waals surface area (Å²) in [5.74, 6) is 0.410. The van der Waals surface area contributed by atoms with E-state index in [1.165, 1.54) is 5.56 Å². The lowest BCUT2D eigenvalue weighted by atomic mass is 10.1. The zero-order valence-electron chi connectivity index (χ0n) is 12.9. The van der Waals surface area contributed by atoms with Crippen LogP contribution in [0.4, 0.5) is 0 Å². The van der Waals surface area contributed by atoms with E-state index in [-0.39, 0.29) is 17.7 Å². The molecule has 5 nitrogen and oxygen atoms in total. The molecule has 2 aromatic rings. The smallest absolute Gasteiger partial charge is 0.225 e. The molecule has 1 aliphatic rings. The normalized spacial score (nSPS) is 17.5. The largest absolute Gasteiger partial charge is 0.467 e. The Hall–Kier alpha value is -2.56. The fourth-order valence-electron chi connectivity index (χ4n) is 2.80. The van der Waals surface area contributed by atoms with E-state index in [2.05, 4.69) is 5.32 Å². The van der Waals surface area contributed by atoms with Crippen molar-refractivity contribution in [2.75, 3.05) is 13.1 Å². The monoisotopic (exact) mass is 312 g/mol. The highest BCUT2D eigenvalue weighted by Gasteiger charge is 2.33. The van der Waals surface area contributed by atoms with Crippen molar-refractivity contribution in [3.8, 4) is 0 Å². The van der Waals surface area contributed by atoms with Crippen LogP contribution in [0, 0.1) is 5.92 Å². The first kappa shape index (κ1) is 15.3. The van der Waals surface area contributed by atoms with E-state index in [0.717, 1.165) is 6.42 Å². The standard InChI is InChI=1S/C18H20N2O3/c21-17-11-15(18(22)19-12-16-7-4-10-23-16)13-20(17)9-8-14-5-2-1-3-6-14/h1-7,10,15H,8-9,11-13H2,(H,19,22)/t15-/m1/s1. The molecular weight excluding hydrogens is 292 g/mol. The molecule has 3 rings (SSSR count). The van der Waals surface area contributed by atoms with Crippen LogP contribution in [-0.2, 0) is 22.6 Å². The highest BCUT2D eigenvalue weighted by Crippen LogP contribution is 2.18. The van der Waals surface area contributed by atoms with Gasteiger partial charge in [-0.05, 0) is 24.1 Å². The number of nitrogens with zero attached hydrogens (tertiary/aromatic N) is 1. The Morgan fingerprint density at radius 1 is 1.22 bits per heavy atom. The molecule has 5 heteroatoms. The van der Waals surface area contributed by atoms with Crippen molar-refractivity contribution in [3.05, 3.63) is 60.1 Å². The van der Waals surface area contributed by atoms with E-state index in [9.17, 15) is 9.59 Å². The van der Waals surface area contributed by atoms with Gasteiger partial charge < -0.3 is 14.6 Å². The van der Waals surface area contributed by atoms with Gasteiger partial charge in [-0.2, -0.15) is 0 Å². The lowest BCUT2D eigenvalue weighted by molar-refractivity contribution is -0.129. The number of amides is 2. The third-order valence-corrected chi connectivity index (χ3v) is 4.12. The fourth-order valence-corrected chi connectivity index (χ4v) is 2.80. The zero-order valence-corrected chi connectivity index (χ0v) is 12.9. The maximum Gasteiger partial charge on any atom is 0.225 e. The second-order valence-corrected chi connectivity index (χ2v) is 5.77. The van der Waals surface area contributed by atoms with Gasteiger partial charge in [0.2, 0.25) is 11.8 Å². The average Bonchev–Trinajstić information content (AvgIpc) is 3.21. The fraction of sp³-hybridized carbons (Fsp3) is 0.333. The van der Waals surface area contributed by atoms with Crippen LogP contribution in [0.1, 0.15) is 17.7 Å². The molecule has 0 unspecified atom stereocenters. The number of furan rings is 1. The lowest BCUT2D eigenvalue weighted by Gasteiger charge is -2.16. The summed E-state index contributed by atoms with van der Waals surface area (Å²) in [6.45, 7) is 1.51. The minimum absolute atomic E-state index is 0.0547. The van der Waals surface area contributed by atoms with Gasteiger partial charge in [-0.25, -0.2) is 0 Å². The van der Waals surface area contributed by atoms with Crippen LogP contribution in [0.15, 0.2) is 53.1 Å². The van der Waals surface area contributed by atoms with E-state index >= 15 is 0 Å². The van der Waals surface area contributed by atoms with Gasteiger partial charge in [0.15, 0.2) is 0 Å². The van der Waals surface area contributed by atoms with Crippen molar-refractivity contribution in [1.29, 1.82) is 0 Å². The first-order valence-corrected chi connectivity index (χ1v) is 7.84. The quantitative estimate of drug-likeness (QED) is 0.887. The number of likely N-dealkylation sites (tertiary alicyclic amines) is 1. The molecule has 1 fully saturated rings. The molecule has 0 bridgehead atoms. The lowest BCUT2D eigenvalue weighted by Crippen LogP contribution is -2.33. The topological polar surface area (TPSA) is 62.6 Å². The molecule has 1 N–H and O–H groups in total. The van der Waals surface area contributed by atoms with Gasteiger partial charge in [-0.15, -0.1) is 0 Å². The molecule has 1 aromatic heterocycles. The molecule has 2 amide bonds. The predicted molar refractivity (Wildman–Crippen MR) is 85.4 cm³/mol. The van der Waals surface area contributed by atoms with Crippen molar-refractivity contribution in [2.45, 2.75) is 19.4 Å². The maximum absolute atomic E-state index is 12.2. The molecule has 1 aromatic carbocycles. The summed E-state index contributed by atoms with van der Waals surface area (Å²) < 4.78 is 5.18. The molecule has 0 spiro atoms. The molecule has 1 saturated heterocycles. The van der Waals surface area contributed by atoms with E-state index in [0.29, 0.717) is 31.8 Å². The Balaban J connectivity index is 1.47. The van der Waals surface area contributed by atoms with Gasteiger partial charge in [0, 0.05) is 19.5 Å². The molecule has 1 atom stereocenters. The van der Waals surface area contributed by atoms with E-state index < -0.39 is 0 Å². The van der Waals surface area contributed by atoms with Crippen LogP contribution in [0.2, 0.25) is 0 Å². The first-order valence-electron chi connectivity index (χ1n) is 7.84. The molecular formula is C18H20N2O3. The second kappa shape index (κ2) is 7.13. The number of carbonyl (C=O) groups excluding carboxylic acids is 2. The Labute approximate surface area is 135 Å². The first-order chi connectivity index (χ1) is 11.2. The van der Waals surface area contributed by atoms with Crippen molar-refractivity contribution in [2.24, 2.45) is 5.92 Å². The van der Waals surface area contributed by atoms with E-state index in [1.807, 2.05) is 36.4 Å². The number of hydrogen-bond acceptors (Lipinski definition) is 3. The van der Waals surface area contributed by atoms with Crippen molar-refractivity contribution in [3.63, 3.8) is 0 Å². The molecule has 120 valence electrons. The summed E-state index contributed by atoms with van der Waals surface area (Å²) in [5.41, 5.74) is 1.20. The summed E-state index contributed by atoms with van der Waals surface area (Å²) in [7, 11) is 0. The number of carbonyl (C=O) groups is 2. The van der Waals surface area contributed by atoms with Crippen LogP contribution in [0.25, 0.3) is 0 Å². The summed E-state index contributed by atoms with van der Waals surface area (Å²) in [6, 6.07) is 13.7. The number of hydrogen-bond donors (Lipinski definition) is 1. The molecule has 0 radical (unpaired) electrons. The molecule has 0 saturated carbocycles. The van der Waals surface area contributed by atoms with Gasteiger partial charge in [0.1, 0.15) is 5.76 Å². The van der Waals surface area contributed by atoms with Gasteiger partial charge >= 0.3 is 0 Å². The minimum atomic E-state index is -0.270. The van der Waals surface area contributed by atoms with Crippen LogP contribution in [0.3, 0.4) is 0 Å². The summed E-state index contributed by atoms with van der Waals surface area (Å²) in [6.07, 6.45) is 2.68. The number of rotatable bonds is 6. The van der Waals surface area contributed by atoms with Crippen LogP contribution >= 0.6 is 0 Å². The van der Waals surface area contributed by atoms with Crippen LogP contribution < -0.4 is 5.32 Å². The summed E-state index contributed by atoms with van der Waals surface area (Å²) in [5, 5.41) is 2.83. The molecule has 0 aliphatic carbocycles. The van der Waals surface area contributed by atoms with Crippen molar-refractivity contribution < 1.29 is 14.0 Å². The third kappa shape index (κ3) is 4.00. The molecule has 2 heterocycles. The van der Waals surface area contributed by atoms with E-state index in [1.54, 1.807) is 17.2 Å². The van der Waals surface area contributed by atoms with Crippen LogP contribution in [-0.4, -0.2) is 29.8 Å². The summed E-state index contributed by atoms with van der Waals surface area (Å²) >= 11 is 0. The van der Waals surface area contributed by atoms with Crippen LogP contribution in [0.5, 0.6) is 0 Å². The highest BCUT2D eigenvalue weighted by molar-refractivity contribution is 5.89. The predicted octanol–water partition coefficient (Wildman–Crippen LogP) is 1.99. The summed E-state index contributed by atoms with van der Waals surface area (Å²) in [4.78, 5) is 26.0. The SMILES string of the molecule is O=C(NCc1ccco1)[C@@H]1CC(=O)N(CCc2ccccc2)C1. The zero-order chi connectivity index (χ0) is 16.1. The minimum Gasteiger partial charge on any atom is -0.467 e. The molecule has 1 aliphatic heterocycles. The Kier molecular flexibility index (Phi) is 4.76. The molecule has 23 heavy (non-hydrogen) atoms. The van der Waals surface area contributed by atoms with Gasteiger partial charge in [0.05, 0.1) is 18.7 Å². The second-order valence-electron chi connectivity index (χ2n) is 5.77.